The van der Waals surface area contributed by atoms with E-state index in [1.807, 2.05) is 0 Å². The summed E-state index contributed by atoms with van der Waals surface area (Å²) >= 11 is 0. The summed E-state index contributed by atoms with van der Waals surface area (Å²) in [7, 11) is 3.56. The molecule has 252 valence electrons. The molecule has 0 aromatic heterocycles. The molecule has 0 spiro atoms. The number of hydrogen-bond donors (Lipinski definition) is 0. The van der Waals surface area contributed by atoms with E-state index in [9.17, 15) is 0 Å². The van der Waals surface area contributed by atoms with Crippen molar-refractivity contribution in [3.63, 3.8) is 0 Å². The Kier molecular flexibility index (Phi) is 6.34. The molecule has 5 heteroatoms. The van der Waals surface area contributed by atoms with Crippen molar-refractivity contribution in [3.05, 3.63) is 0 Å². The topological polar surface area (TPSA) is 27.7 Å². The minimum Gasteiger partial charge on any atom is -0.343 e. The highest BCUT2D eigenvalue weighted by Gasteiger charge is 2.78. The summed E-state index contributed by atoms with van der Waals surface area (Å²) in [4.78, 5) is 0. The summed E-state index contributed by atoms with van der Waals surface area (Å²) in [6.45, 7) is 14.5. The Morgan fingerprint density at radius 2 is 0.933 bits per heavy atom. The highest BCUT2D eigenvalue weighted by Crippen LogP contribution is 2.80. The van der Waals surface area contributed by atoms with E-state index in [0.29, 0.717) is 16.2 Å². The van der Waals surface area contributed by atoms with Gasteiger partial charge in [-0.2, -0.15) is 0 Å². The average Bonchev–Trinajstić information content (AvgIpc) is 2.88. The zero-order chi connectivity index (χ0) is 31.0. The van der Waals surface area contributed by atoms with Gasteiger partial charge in [-0.05, 0) is 193 Å². The molecule has 4 saturated heterocycles. The van der Waals surface area contributed by atoms with Crippen LogP contribution in [0.25, 0.3) is 0 Å². The Morgan fingerprint density at radius 3 is 1.33 bits per heavy atom. The molecule has 0 radical (unpaired) electrons. The van der Waals surface area contributed by atoms with Gasteiger partial charge >= 0.3 is 0 Å². The molecule has 12 bridgehead atoms. The Morgan fingerprint density at radius 1 is 0.556 bits per heavy atom. The summed E-state index contributed by atoms with van der Waals surface area (Å²) in [5.74, 6) is 8.32. The highest BCUT2D eigenvalue weighted by molar-refractivity contribution is 7.61. The van der Waals surface area contributed by atoms with E-state index in [2.05, 4.69) is 50.8 Å². The third-order valence-corrected chi connectivity index (χ3v) is 23.3. The molecule has 9 atom stereocenters. The first-order valence-electron chi connectivity index (χ1n) is 19.8. The maximum Gasteiger partial charge on any atom is 0.172 e. The molecular weight excluding hydrogens is 590 g/mol. The van der Waals surface area contributed by atoms with Crippen LogP contribution in [0.1, 0.15) is 144 Å². The van der Waals surface area contributed by atoms with Crippen LogP contribution in [0.2, 0.25) is 0 Å². The SMILES string of the molecule is CC1CC(CP(C23CC4CC(CC(C4)C2)C3)C23CC4CC(CC(C4)C2)C3)C(C2(P)C3(C)CC4(C)OC(C)(CC2(C)O4)O3)CC1C. The van der Waals surface area contributed by atoms with E-state index in [1.165, 1.54) is 12.8 Å². The maximum absolute atomic E-state index is 7.20. The van der Waals surface area contributed by atoms with Crippen LogP contribution in [0.4, 0.5) is 0 Å². The smallest absolute Gasteiger partial charge is 0.172 e. The summed E-state index contributed by atoms with van der Waals surface area (Å²) in [5, 5.41) is 1.33. The van der Waals surface area contributed by atoms with Crippen molar-refractivity contribution in [3.8, 4) is 0 Å². The molecule has 0 amide bonds. The van der Waals surface area contributed by atoms with Crippen LogP contribution in [0, 0.1) is 59.2 Å². The highest BCUT2D eigenvalue weighted by atomic mass is 31.1. The van der Waals surface area contributed by atoms with Crippen LogP contribution in [-0.4, -0.2) is 44.4 Å². The Bertz CT molecular complexity index is 1100. The molecule has 9 unspecified atom stereocenters. The lowest BCUT2D eigenvalue weighted by Crippen LogP contribution is -2.85. The fourth-order valence-electron chi connectivity index (χ4n) is 17.1. The second-order valence-electron chi connectivity index (χ2n) is 20.9. The van der Waals surface area contributed by atoms with E-state index in [4.69, 9.17) is 14.2 Å². The van der Waals surface area contributed by atoms with E-state index in [-0.39, 0.29) is 24.3 Å². The first kappa shape index (κ1) is 30.6. The van der Waals surface area contributed by atoms with Crippen LogP contribution < -0.4 is 0 Å². The van der Waals surface area contributed by atoms with Crippen molar-refractivity contribution in [2.45, 2.75) is 183 Å². The molecule has 0 N–H and O–H groups in total. The van der Waals surface area contributed by atoms with Gasteiger partial charge in [0.15, 0.2) is 11.6 Å². The van der Waals surface area contributed by atoms with E-state index in [0.717, 1.165) is 66.1 Å². The lowest BCUT2D eigenvalue weighted by molar-refractivity contribution is -0.525. The first-order chi connectivity index (χ1) is 21.1. The zero-order valence-corrected chi connectivity index (χ0v) is 31.6. The molecule has 13 rings (SSSR count). The standard InChI is InChI=1S/C40H64O3P2/c1-24-7-32(33(8-25(24)2)40(44)34(3)22-36(5)42-35(40,4)23-37(6,41-34)43-36)21-45(38-15-26-9-27(16-38)11-28(10-26)17-38)39-18-29-12-30(19-39)14-31(13-29)20-39/h24-33H,7-23,44H2,1-6H3. The molecule has 0 aromatic carbocycles. The molecule has 0 aromatic rings. The Labute approximate surface area is 278 Å². The Balaban J connectivity index is 1.07. The summed E-state index contributed by atoms with van der Waals surface area (Å²) in [6, 6.07) is 0. The van der Waals surface area contributed by atoms with Crippen molar-refractivity contribution >= 4 is 17.2 Å². The zero-order valence-electron chi connectivity index (χ0n) is 29.5. The minimum atomic E-state index is -0.539. The van der Waals surface area contributed by atoms with Gasteiger partial charge in [-0.1, -0.05) is 21.8 Å². The summed E-state index contributed by atoms with van der Waals surface area (Å²) < 4.78 is 21.0. The van der Waals surface area contributed by atoms with Crippen molar-refractivity contribution in [1.82, 2.24) is 0 Å². The van der Waals surface area contributed by atoms with Crippen molar-refractivity contribution in [1.29, 1.82) is 0 Å². The van der Waals surface area contributed by atoms with Gasteiger partial charge in [0.2, 0.25) is 0 Å². The normalized spacial score (nSPS) is 65.9. The predicted molar refractivity (Wildman–Crippen MR) is 187 cm³/mol. The maximum atomic E-state index is 7.20. The number of ether oxygens (including phenoxy) is 3. The van der Waals surface area contributed by atoms with Gasteiger partial charge in [-0.3, -0.25) is 0 Å². The van der Waals surface area contributed by atoms with Gasteiger partial charge in [-0.15, -0.1) is 9.24 Å². The van der Waals surface area contributed by atoms with Crippen LogP contribution in [0.5, 0.6) is 0 Å². The van der Waals surface area contributed by atoms with Crippen LogP contribution in [0.3, 0.4) is 0 Å². The van der Waals surface area contributed by atoms with Crippen molar-refractivity contribution < 1.29 is 14.2 Å². The average molecular weight is 655 g/mol. The van der Waals surface area contributed by atoms with Gasteiger partial charge in [-0.25, -0.2) is 0 Å². The number of rotatable bonds is 5. The molecule has 4 heterocycles. The van der Waals surface area contributed by atoms with Gasteiger partial charge < -0.3 is 14.2 Å². The molecule has 13 aliphatic rings. The Hall–Kier alpha value is 0.740. The lowest BCUT2D eigenvalue weighted by atomic mass is 9.53. The molecule has 3 nitrogen and oxygen atoms in total. The van der Waals surface area contributed by atoms with Gasteiger partial charge in [0.05, 0.1) is 11.2 Å². The molecule has 9 aliphatic carbocycles. The largest absolute Gasteiger partial charge is 0.343 e. The molecule has 4 aliphatic heterocycles. The van der Waals surface area contributed by atoms with Crippen LogP contribution >= 0.6 is 17.2 Å². The second kappa shape index (κ2) is 9.34. The lowest BCUT2D eigenvalue weighted by Gasteiger charge is -2.76. The fraction of sp³-hybridized carbons (Fsp3) is 1.00. The van der Waals surface area contributed by atoms with Crippen LogP contribution in [-0.2, 0) is 14.2 Å². The summed E-state index contributed by atoms with van der Waals surface area (Å²) in [6.07, 6.45) is 25.3. The van der Waals surface area contributed by atoms with E-state index < -0.39 is 11.6 Å². The molecular formula is C40H64O3P2. The monoisotopic (exact) mass is 654 g/mol. The van der Waals surface area contributed by atoms with Crippen LogP contribution in [0.15, 0.2) is 0 Å². The second-order valence-corrected chi connectivity index (χ2v) is 25.0. The minimum absolute atomic E-state index is 0.0189. The fourth-order valence-corrected chi connectivity index (χ4v) is 23.3. The third-order valence-electron chi connectivity index (χ3n) is 17.4. The molecule has 13 fully saturated rings. The molecule has 45 heavy (non-hydrogen) atoms. The number of hydrogen-bond acceptors (Lipinski definition) is 3. The van der Waals surface area contributed by atoms with E-state index >= 15 is 0 Å². The predicted octanol–water partition coefficient (Wildman–Crippen LogP) is 10.1. The van der Waals surface area contributed by atoms with Crippen molar-refractivity contribution in [2.75, 3.05) is 6.16 Å². The quantitative estimate of drug-likeness (QED) is 0.276. The third kappa shape index (κ3) is 4.13. The first-order valence-corrected chi connectivity index (χ1v) is 21.9. The van der Waals surface area contributed by atoms with Gasteiger partial charge in [0.1, 0.15) is 0 Å². The summed E-state index contributed by atoms with van der Waals surface area (Å²) in [5.41, 5.74) is -0.504. The van der Waals surface area contributed by atoms with E-state index in [1.54, 1.807) is 83.2 Å². The van der Waals surface area contributed by atoms with Gasteiger partial charge in [0.25, 0.3) is 0 Å². The van der Waals surface area contributed by atoms with Gasteiger partial charge in [0, 0.05) is 18.0 Å². The molecule has 9 saturated carbocycles. The van der Waals surface area contributed by atoms with Crippen molar-refractivity contribution in [2.24, 2.45) is 59.2 Å².